The van der Waals surface area contributed by atoms with Gasteiger partial charge in [0.15, 0.2) is 8.68 Å². The van der Waals surface area contributed by atoms with E-state index in [0.717, 1.165) is 23.5 Å². The number of nitrogens with zero attached hydrogens (tertiary/aromatic N) is 2. The highest BCUT2D eigenvalue weighted by atomic mass is 35.5. The summed E-state index contributed by atoms with van der Waals surface area (Å²) >= 11 is 8.53. The molecule has 0 N–H and O–H groups in total. The van der Waals surface area contributed by atoms with Crippen molar-refractivity contribution in [3.05, 3.63) is 10.7 Å². The Balaban J connectivity index is 2.21. The summed E-state index contributed by atoms with van der Waals surface area (Å²) in [6, 6.07) is 0. The molecule has 0 aromatic carbocycles. The molecule has 0 aliphatic carbocycles. The molecule has 102 valence electrons. The van der Waals surface area contributed by atoms with Crippen molar-refractivity contribution in [2.45, 2.75) is 29.2 Å². The van der Waals surface area contributed by atoms with Crippen LogP contribution in [-0.2, 0) is 10.0 Å². The molecule has 18 heavy (non-hydrogen) atoms. The van der Waals surface area contributed by atoms with Crippen molar-refractivity contribution in [1.82, 2.24) is 9.29 Å². The average molecular weight is 327 g/mol. The second kappa shape index (κ2) is 5.28. The first-order valence-electron chi connectivity index (χ1n) is 5.57. The Kier molecular flexibility index (Phi) is 4.28. The Hall–Kier alpha value is 0.180. The zero-order chi connectivity index (χ0) is 13.4. The van der Waals surface area contributed by atoms with Gasteiger partial charge in [-0.2, -0.15) is 16.1 Å². The van der Waals surface area contributed by atoms with Crippen molar-refractivity contribution >= 4 is 44.7 Å². The van der Waals surface area contributed by atoms with Crippen molar-refractivity contribution in [3.8, 4) is 0 Å². The minimum Gasteiger partial charge on any atom is -0.232 e. The Morgan fingerprint density at radius 1 is 1.44 bits per heavy atom. The summed E-state index contributed by atoms with van der Waals surface area (Å²) in [5, 5.41) is 0. The predicted octanol–water partition coefficient (Wildman–Crippen LogP) is 2.70. The molecule has 0 amide bonds. The lowest BCUT2D eigenvalue weighted by atomic mass is 10.1. The fourth-order valence-corrected chi connectivity index (χ4v) is 5.83. The molecule has 0 radical (unpaired) electrons. The number of hydrogen-bond donors (Lipinski definition) is 0. The summed E-state index contributed by atoms with van der Waals surface area (Å²) in [7, 11) is -3.42. The van der Waals surface area contributed by atoms with Gasteiger partial charge >= 0.3 is 0 Å². The van der Waals surface area contributed by atoms with Crippen LogP contribution in [0.4, 0.5) is 0 Å². The average Bonchev–Trinajstić information content (AvgIpc) is 2.61. The summed E-state index contributed by atoms with van der Waals surface area (Å²) in [5.74, 6) is 0.818. The zero-order valence-corrected chi connectivity index (χ0v) is 13.4. The van der Waals surface area contributed by atoms with Gasteiger partial charge in [0.05, 0.1) is 6.20 Å². The molecule has 0 atom stereocenters. The molecule has 1 aliphatic heterocycles. The maximum absolute atomic E-state index is 12.4. The van der Waals surface area contributed by atoms with Crippen molar-refractivity contribution in [2.24, 2.45) is 0 Å². The van der Waals surface area contributed by atoms with E-state index in [2.05, 4.69) is 18.8 Å². The van der Waals surface area contributed by atoms with E-state index >= 15 is 0 Å². The van der Waals surface area contributed by atoms with Gasteiger partial charge in [-0.25, -0.2) is 13.4 Å². The van der Waals surface area contributed by atoms with Gasteiger partial charge in [-0.1, -0.05) is 36.8 Å². The van der Waals surface area contributed by atoms with Gasteiger partial charge in [0.2, 0.25) is 0 Å². The molecule has 1 fully saturated rings. The van der Waals surface area contributed by atoms with Gasteiger partial charge in [0, 0.05) is 23.6 Å². The summed E-state index contributed by atoms with van der Waals surface area (Å²) in [5.41, 5.74) is 0. The van der Waals surface area contributed by atoms with Gasteiger partial charge in [0.25, 0.3) is 10.0 Å². The van der Waals surface area contributed by atoms with Gasteiger partial charge in [-0.05, 0) is 6.42 Å². The number of aromatic nitrogens is 1. The van der Waals surface area contributed by atoms with Crippen LogP contribution >= 0.6 is 34.7 Å². The summed E-state index contributed by atoms with van der Waals surface area (Å²) in [6.45, 7) is 5.40. The minimum absolute atomic E-state index is 0.135. The Morgan fingerprint density at radius 2 is 2.17 bits per heavy atom. The minimum atomic E-state index is -3.42. The second-order valence-corrected chi connectivity index (χ2v) is 10.3. The molecule has 2 rings (SSSR count). The van der Waals surface area contributed by atoms with E-state index in [1.807, 2.05) is 11.8 Å². The molecule has 1 aromatic heterocycles. The third-order valence-corrected chi connectivity index (χ3v) is 7.67. The maximum atomic E-state index is 12.4. The van der Waals surface area contributed by atoms with Gasteiger partial charge < -0.3 is 0 Å². The summed E-state index contributed by atoms with van der Waals surface area (Å²) < 4.78 is 27.0. The highest BCUT2D eigenvalue weighted by molar-refractivity contribution is 8.00. The monoisotopic (exact) mass is 326 g/mol. The predicted molar refractivity (Wildman–Crippen MR) is 77.0 cm³/mol. The summed E-state index contributed by atoms with van der Waals surface area (Å²) in [6.07, 6.45) is 2.19. The smallest absolute Gasteiger partial charge is 0.232 e. The Labute approximate surface area is 121 Å². The van der Waals surface area contributed by atoms with Crippen LogP contribution in [0.2, 0.25) is 4.47 Å². The molecule has 0 bridgehead atoms. The van der Waals surface area contributed by atoms with Gasteiger partial charge in [0.1, 0.15) is 0 Å². The second-order valence-electron chi connectivity index (χ2n) is 4.69. The first-order chi connectivity index (χ1) is 8.31. The normalized spacial score (nSPS) is 21.7. The third-order valence-electron chi connectivity index (χ3n) is 2.85. The molecular weight excluding hydrogens is 312 g/mol. The number of thiazole rings is 1. The molecular formula is C10H15ClN2O2S3. The molecule has 4 nitrogen and oxygen atoms in total. The van der Waals surface area contributed by atoms with E-state index < -0.39 is 10.0 Å². The van der Waals surface area contributed by atoms with Crippen molar-refractivity contribution < 1.29 is 8.42 Å². The molecule has 1 aliphatic rings. The standard InChI is InChI=1S/C10H15ClN2O2S3/c1-10(2)3-4-13(5-6-16-10)18(14,15)8-7-12-9(11)17-8/h7H,3-6H2,1-2H3. The van der Waals surface area contributed by atoms with Crippen LogP contribution in [0.15, 0.2) is 10.4 Å². The largest absolute Gasteiger partial charge is 0.254 e. The van der Waals surface area contributed by atoms with Gasteiger partial charge in [-0.3, -0.25) is 0 Å². The molecule has 1 saturated heterocycles. The Bertz CT molecular complexity index is 527. The number of rotatable bonds is 2. The van der Waals surface area contributed by atoms with Crippen LogP contribution < -0.4 is 0 Å². The zero-order valence-electron chi connectivity index (χ0n) is 10.2. The number of hydrogen-bond acceptors (Lipinski definition) is 5. The lowest BCUT2D eigenvalue weighted by Gasteiger charge is -2.21. The van der Waals surface area contributed by atoms with E-state index in [4.69, 9.17) is 11.6 Å². The lowest BCUT2D eigenvalue weighted by Crippen LogP contribution is -2.33. The van der Waals surface area contributed by atoms with Crippen LogP contribution in [0.1, 0.15) is 20.3 Å². The van der Waals surface area contributed by atoms with Crippen molar-refractivity contribution in [3.63, 3.8) is 0 Å². The molecule has 2 heterocycles. The van der Waals surface area contributed by atoms with Crippen LogP contribution in [0.5, 0.6) is 0 Å². The highest BCUT2D eigenvalue weighted by Crippen LogP contribution is 2.33. The number of thioether (sulfide) groups is 1. The van der Waals surface area contributed by atoms with E-state index in [1.54, 1.807) is 4.31 Å². The van der Waals surface area contributed by atoms with E-state index in [0.29, 0.717) is 13.1 Å². The van der Waals surface area contributed by atoms with Crippen LogP contribution in [0.25, 0.3) is 0 Å². The summed E-state index contributed by atoms with van der Waals surface area (Å²) in [4.78, 5) is 3.80. The topological polar surface area (TPSA) is 50.3 Å². The van der Waals surface area contributed by atoms with Gasteiger partial charge in [-0.15, -0.1) is 0 Å². The molecule has 1 aromatic rings. The fourth-order valence-electron chi connectivity index (χ4n) is 1.73. The molecule has 8 heteroatoms. The molecule has 0 saturated carbocycles. The first-order valence-corrected chi connectivity index (χ1v) is 9.19. The van der Waals surface area contributed by atoms with E-state index in [-0.39, 0.29) is 13.4 Å². The highest BCUT2D eigenvalue weighted by Gasteiger charge is 2.31. The lowest BCUT2D eigenvalue weighted by molar-refractivity contribution is 0.416. The van der Waals surface area contributed by atoms with Crippen molar-refractivity contribution in [1.29, 1.82) is 0 Å². The SMILES string of the molecule is CC1(C)CCN(S(=O)(=O)c2cnc(Cl)s2)CCS1. The van der Waals surface area contributed by atoms with Crippen LogP contribution in [0, 0.1) is 0 Å². The maximum Gasteiger partial charge on any atom is 0.254 e. The third kappa shape index (κ3) is 3.19. The molecule has 0 spiro atoms. The van der Waals surface area contributed by atoms with E-state index in [9.17, 15) is 8.42 Å². The Morgan fingerprint density at radius 3 is 2.78 bits per heavy atom. The first kappa shape index (κ1) is 14.6. The quantitative estimate of drug-likeness (QED) is 0.838. The van der Waals surface area contributed by atoms with Crippen LogP contribution in [0.3, 0.4) is 0 Å². The van der Waals surface area contributed by atoms with Crippen molar-refractivity contribution in [2.75, 3.05) is 18.8 Å². The van der Waals surface area contributed by atoms with E-state index in [1.165, 1.54) is 6.20 Å². The number of sulfonamides is 1. The molecule has 0 unspecified atom stereocenters. The van der Waals surface area contributed by atoms with Crippen LogP contribution in [-0.4, -0.2) is 41.3 Å². The fraction of sp³-hybridized carbons (Fsp3) is 0.700. The number of halogens is 1.